The number of carboxylic acids is 1. The van der Waals surface area contributed by atoms with Gasteiger partial charge in [-0.05, 0) is 18.6 Å². The van der Waals surface area contributed by atoms with Crippen LogP contribution in [0.25, 0.3) is 11.1 Å². The van der Waals surface area contributed by atoms with Crippen LogP contribution in [0, 0.1) is 6.92 Å². The van der Waals surface area contributed by atoms with Gasteiger partial charge in [0, 0.05) is 0 Å². The van der Waals surface area contributed by atoms with E-state index in [4.69, 9.17) is 9.63 Å². The molecule has 2 rings (SSSR count). The average molecular weight is 178 g/mol. The maximum absolute atomic E-state index is 10.6. The second kappa shape index (κ2) is 2.55. The number of aryl methyl sites for hydroxylation is 1. The minimum absolute atomic E-state index is 0.00759. The fraction of sp³-hybridized carbons (Fsp3) is 0.125. The highest BCUT2D eigenvalue weighted by Crippen LogP contribution is 2.16. The van der Waals surface area contributed by atoms with Crippen LogP contribution in [-0.2, 0) is 0 Å². The zero-order chi connectivity index (χ0) is 9.42. The van der Waals surface area contributed by atoms with Crippen molar-refractivity contribution in [1.29, 1.82) is 0 Å². The van der Waals surface area contributed by atoms with Crippen molar-refractivity contribution in [2.24, 2.45) is 0 Å². The number of fused-ring (bicyclic) bond motifs is 1. The third-order valence-corrected chi connectivity index (χ3v) is 1.72. The first kappa shape index (κ1) is 7.72. The molecule has 66 valence electrons. The van der Waals surface area contributed by atoms with E-state index in [0.717, 1.165) is 5.56 Å². The summed E-state index contributed by atoms with van der Waals surface area (Å²) in [5.41, 5.74) is 1.73. The van der Waals surface area contributed by atoms with Crippen LogP contribution in [0.15, 0.2) is 16.8 Å². The van der Waals surface area contributed by atoms with E-state index < -0.39 is 5.97 Å². The van der Waals surface area contributed by atoms with Crippen molar-refractivity contribution >= 4 is 17.1 Å². The third kappa shape index (κ3) is 1.14. The summed E-state index contributed by atoms with van der Waals surface area (Å²) in [6.45, 7) is 1.75. The molecule has 0 spiro atoms. The number of carbonyl (C=O) groups is 1. The zero-order valence-electron chi connectivity index (χ0n) is 6.81. The second-order valence-electron chi connectivity index (χ2n) is 2.67. The third-order valence-electron chi connectivity index (χ3n) is 1.72. The average Bonchev–Trinajstić information content (AvgIpc) is 2.51. The fourth-order valence-corrected chi connectivity index (χ4v) is 1.13. The molecule has 0 aliphatic carbocycles. The van der Waals surface area contributed by atoms with E-state index >= 15 is 0 Å². The molecular formula is C8H6N2O3. The van der Waals surface area contributed by atoms with Crippen LogP contribution in [-0.4, -0.2) is 21.2 Å². The number of aromatic nitrogens is 2. The molecule has 0 atom stereocenters. The maximum atomic E-state index is 10.6. The monoisotopic (exact) mass is 178 g/mol. The van der Waals surface area contributed by atoms with E-state index in [-0.39, 0.29) is 5.69 Å². The van der Waals surface area contributed by atoms with E-state index in [1.807, 2.05) is 0 Å². The van der Waals surface area contributed by atoms with E-state index in [1.54, 1.807) is 6.92 Å². The molecule has 1 N–H and O–H groups in total. The van der Waals surface area contributed by atoms with E-state index in [9.17, 15) is 4.79 Å². The van der Waals surface area contributed by atoms with Gasteiger partial charge in [-0.3, -0.25) is 0 Å². The van der Waals surface area contributed by atoms with Gasteiger partial charge in [0.2, 0.25) is 0 Å². The Hall–Kier alpha value is -1.91. The van der Waals surface area contributed by atoms with Crippen LogP contribution in [0.2, 0.25) is 0 Å². The number of hydrogen-bond acceptors (Lipinski definition) is 4. The molecule has 0 fully saturated rings. The van der Waals surface area contributed by atoms with Gasteiger partial charge in [0.05, 0.1) is 6.20 Å². The largest absolute Gasteiger partial charge is 0.477 e. The lowest BCUT2D eigenvalue weighted by Crippen LogP contribution is -2.00. The van der Waals surface area contributed by atoms with Crippen molar-refractivity contribution in [2.45, 2.75) is 6.92 Å². The van der Waals surface area contributed by atoms with E-state index in [2.05, 4.69) is 10.1 Å². The molecule has 0 unspecified atom stereocenters. The van der Waals surface area contributed by atoms with Crippen LogP contribution < -0.4 is 0 Å². The Kier molecular flexibility index (Phi) is 1.51. The summed E-state index contributed by atoms with van der Waals surface area (Å²) in [5, 5.41) is 12.2. The normalized spacial score (nSPS) is 10.5. The van der Waals surface area contributed by atoms with Crippen molar-refractivity contribution in [3.63, 3.8) is 0 Å². The first-order valence-corrected chi connectivity index (χ1v) is 3.64. The summed E-state index contributed by atoms with van der Waals surface area (Å²) < 4.78 is 4.88. The van der Waals surface area contributed by atoms with Crippen molar-refractivity contribution in [2.75, 3.05) is 0 Å². The van der Waals surface area contributed by atoms with Crippen LogP contribution in [0.3, 0.4) is 0 Å². The lowest BCUT2D eigenvalue weighted by atomic mass is 10.2. The van der Waals surface area contributed by atoms with Gasteiger partial charge in [0.25, 0.3) is 0 Å². The van der Waals surface area contributed by atoms with Crippen LogP contribution in [0.1, 0.15) is 16.1 Å². The fourth-order valence-electron chi connectivity index (χ4n) is 1.13. The number of hydrogen-bond donors (Lipinski definition) is 1. The topological polar surface area (TPSA) is 76.2 Å². The molecule has 0 aliphatic heterocycles. The summed E-state index contributed by atoms with van der Waals surface area (Å²) in [6, 6.07) is 1.45. The predicted octanol–water partition coefficient (Wildman–Crippen LogP) is 1.23. The summed E-state index contributed by atoms with van der Waals surface area (Å²) in [4.78, 5) is 14.4. The molecule has 2 aromatic heterocycles. The SMILES string of the molecule is Cc1cc(C(=O)O)nc2cnoc12. The molecule has 0 saturated carbocycles. The Bertz CT molecular complexity index is 475. The van der Waals surface area contributed by atoms with Crippen LogP contribution in [0.5, 0.6) is 0 Å². The molecule has 0 amide bonds. The van der Waals surface area contributed by atoms with Gasteiger partial charge >= 0.3 is 5.97 Å². The first-order valence-electron chi connectivity index (χ1n) is 3.64. The Morgan fingerprint density at radius 3 is 3.08 bits per heavy atom. The molecule has 0 saturated heterocycles. The van der Waals surface area contributed by atoms with Gasteiger partial charge in [0.15, 0.2) is 5.58 Å². The standard InChI is InChI=1S/C8H6N2O3/c1-4-2-5(8(11)12)10-6-3-9-13-7(4)6/h2-3H,1H3,(H,11,12). The Morgan fingerprint density at radius 1 is 1.62 bits per heavy atom. The van der Waals surface area contributed by atoms with Gasteiger partial charge < -0.3 is 9.63 Å². The molecule has 0 radical (unpaired) electrons. The molecule has 0 bridgehead atoms. The van der Waals surface area contributed by atoms with Gasteiger partial charge in [-0.25, -0.2) is 9.78 Å². The highest BCUT2D eigenvalue weighted by molar-refractivity contribution is 5.89. The number of carboxylic acid groups (broad SMARTS) is 1. The molecule has 5 heteroatoms. The highest BCUT2D eigenvalue weighted by atomic mass is 16.5. The molecule has 2 heterocycles. The minimum atomic E-state index is -1.05. The van der Waals surface area contributed by atoms with Gasteiger partial charge in [0.1, 0.15) is 11.2 Å². The van der Waals surface area contributed by atoms with Crippen molar-refractivity contribution in [3.05, 3.63) is 23.5 Å². The number of rotatable bonds is 1. The van der Waals surface area contributed by atoms with Gasteiger partial charge in [-0.1, -0.05) is 5.16 Å². The maximum Gasteiger partial charge on any atom is 0.354 e. The molecule has 2 aromatic rings. The lowest BCUT2D eigenvalue weighted by Gasteiger charge is -1.95. The van der Waals surface area contributed by atoms with Gasteiger partial charge in [-0.2, -0.15) is 0 Å². The van der Waals surface area contributed by atoms with E-state index in [0.29, 0.717) is 11.1 Å². The smallest absolute Gasteiger partial charge is 0.354 e. The molecular weight excluding hydrogens is 172 g/mol. The predicted molar refractivity (Wildman–Crippen MR) is 43.5 cm³/mol. The summed E-state index contributed by atoms with van der Waals surface area (Å²) in [5.74, 6) is -1.05. The summed E-state index contributed by atoms with van der Waals surface area (Å²) in [6.07, 6.45) is 1.40. The minimum Gasteiger partial charge on any atom is -0.477 e. The van der Waals surface area contributed by atoms with Crippen molar-refractivity contribution in [1.82, 2.24) is 10.1 Å². The zero-order valence-corrected chi connectivity index (χ0v) is 6.81. The Labute approximate surface area is 73.0 Å². The number of aromatic carboxylic acids is 1. The summed E-state index contributed by atoms with van der Waals surface area (Å²) >= 11 is 0. The quantitative estimate of drug-likeness (QED) is 0.710. The van der Waals surface area contributed by atoms with E-state index in [1.165, 1.54) is 12.3 Å². The number of pyridine rings is 1. The van der Waals surface area contributed by atoms with Gasteiger partial charge in [-0.15, -0.1) is 0 Å². The second-order valence-corrected chi connectivity index (χ2v) is 2.67. The lowest BCUT2D eigenvalue weighted by molar-refractivity contribution is 0.0691. The summed E-state index contributed by atoms with van der Waals surface area (Å²) in [7, 11) is 0. The Morgan fingerprint density at radius 2 is 2.38 bits per heavy atom. The molecule has 0 aromatic carbocycles. The first-order chi connectivity index (χ1) is 6.18. The molecule has 13 heavy (non-hydrogen) atoms. The van der Waals surface area contributed by atoms with Crippen molar-refractivity contribution in [3.8, 4) is 0 Å². The molecule has 0 aliphatic rings. The Balaban J connectivity index is 2.77. The van der Waals surface area contributed by atoms with Crippen LogP contribution in [0.4, 0.5) is 0 Å². The molecule has 5 nitrogen and oxygen atoms in total. The highest BCUT2D eigenvalue weighted by Gasteiger charge is 2.10. The van der Waals surface area contributed by atoms with Crippen molar-refractivity contribution < 1.29 is 14.4 Å². The number of nitrogens with zero attached hydrogens (tertiary/aromatic N) is 2. The van der Waals surface area contributed by atoms with Crippen LogP contribution >= 0.6 is 0 Å².